The number of rotatable bonds is 28. The first-order valence-corrected chi connectivity index (χ1v) is 14.8. The standard InChI is InChI=1S/C32H58O3/c1-3-5-7-9-11-13-15-17-19-21-23-25-27-29-33-31-35-32-34-30-28-26-24-22-20-18-16-14-12-10-8-6-4-2/h21-28H,3-20,29-32H2,1-2H3/b23-21+,24-22+,27-25+,28-26+. The van der Waals surface area contributed by atoms with Crippen LogP contribution in [0.3, 0.4) is 0 Å². The zero-order chi connectivity index (χ0) is 25.3. The minimum atomic E-state index is 0.258. The molecule has 3 nitrogen and oxygen atoms in total. The van der Waals surface area contributed by atoms with E-state index in [9.17, 15) is 0 Å². The maximum atomic E-state index is 5.41. The van der Waals surface area contributed by atoms with Crippen LogP contribution < -0.4 is 0 Å². The van der Waals surface area contributed by atoms with Crippen LogP contribution in [0.25, 0.3) is 0 Å². The lowest BCUT2D eigenvalue weighted by Crippen LogP contribution is -2.04. The Labute approximate surface area is 219 Å². The van der Waals surface area contributed by atoms with Crippen molar-refractivity contribution in [3.05, 3.63) is 48.6 Å². The lowest BCUT2D eigenvalue weighted by molar-refractivity contribution is -0.121. The summed E-state index contributed by atoms with van der Waals surface area (Å²) in [6.07, 6.45) is 41.2. The smallest absolute Gasteiger partial charge is 0.150 e. The highest BCUT2D eigenvalue weighted by Crippen LogP contribution is 2.10. The summed E-state index contributed by atoms with van der Waals surface area (Å²) >= 11 is 0. The Morgan fingerprint density at radius 1 is 0.371 bits per heavy atom. The molecule has 0 atom stereocenters. The molecule has 0 aromatic carbocycles. The minimum Gasteiger partial charge on any atom is -0.351 e. The molecule has 0 aliphatic heterocycles. The van der Waals surface area contributed by atoms with Gasteiger partial charge in [0.25, 0.3) is 0 Å². The molecule has 0 rings (SSSR count). The normalized spacial score (nSPS) is 12.4. The lowest BCUT2D eigenvalue weighted by Gasteiger charge is -2.03. The highest BCUT2D eigenvalue weighted by Gasteiger charge is 1.91. The maximum absolute atomic E-state index is 5.41. The van der Waals surface area contributed by atoms with Gasteiger partial charge in [0.05, 0.1) is 13.2 Å². The van der Waals surface area contributed by atoms with Gasteiger partial charge in [-0.05, 0) is 25.7 Å². The van der Waals surface area contributed by atoms with Gasteiger partial charge in [0.2, 0.25) is 0 Å². The Kier molecular flexibility index (Phi) is 31.8. The zero-order valence-electron chi connectivity index (χ0n) is 23.4. The zero-order valence-corrected chi connectivity index (χ0v) is 23.4. The van der Waals surface area contributed by atoms with Crippen molar-refractivity contribution in [1.82, 2.24) is 0 Å². The number of hydrogen-bond acceptors (Lipinski definition) is 3. The van der Waals surface area contributed by atoms with E-state index in [0.717, 1.165) is 0 Å². The molecule has 0 N–H and O–H groups in total. The lowest BCUT2D eigenvalue weighted by atomic mass is 10.1. The SMILES string of the molecule is CCCCCCCCCC/C=C/C=C/COCOCOC/C=C/C=C/CCCCCCCCCC. The summed E-state index contributed by atoms with van der Waals surface area (Å²) in [5, 5.41) is 0. The van der Waals surface area contributed by atoms with Gasteiger partial charge in [-0.25, -0.2) is 0 Å². The van der Waals surface area contributed by atoms with Crippen LogP contribution in [0.5, 0.6) is 0 Å². The quantitative estimate of drug-likeness (QED) is 0.0620. The summed E-state index contributed by atoms with van der Waals surface area (Å²) in [4.78, 5) is 0. The summed E-state index contributed by atoms with van der Waals surface area (Å²) in [7, 11) is 0. The molecule has 0 saturated heterocycles. The average molecular weight is 491 g/mol. The molecule has 0 fully saturated rings. The third-order valence-electron chi connectivity index (χ3n) is 5.98. The summed E-state index contributed by atoms with van der Waals surface area (Å²) in [6.45, 7) is 6.18. The predicted molar refractivity (Wildman–Crippen MR) is 154 cm³/mol. The Morgan fingerprint density at radius 2 is 0.714 bits per heavy atom. The Morgan fingerprint density at radius 3 is 1.11 bits per heavy atom. The van der Waals surface area contributed by atoms with Gasteiger partial charge >= 0.3 is 0 Å². The van der Waals surface area contributed by atoms with Crippen LogP contribution in [-0.2, 0) is 14.2 Å². The van der Waals surface area contributed by atoms with E-state index >= 15 is 0 Å². The van der Waals surface area contributed by atoms with Gasteiger partial charge in [-0.1, -0.05) is 152 Å². The molecule has 0 heterocycles. The van der Waals surface area contributed by atoms with E-state index < -0.39 is 0 Å². The Balaban J connectivity index is 3.26. The maximum Gasteiger partial charge on any atom is 0.150 e. The van der Waals surface area contributed by atoms with Gasteiger partial charge in [0.15, 0.2) is 0 Å². The van der Waals surface area contributed by atoms with Crippen LogP contribution in [0.2, 0.25) is 0 Å². The van der Waals surface area contributed by atoms with E-state index in [1.807, 2.05) is 24.3 Å². The second-order valence-electron chi connectivity index (χ2n) is 9.42. The van der Waals surface area contributed by atoms with Gasteiger partial charge in [0, 0.05) is 0 Å². The highest BCUT2D eigenvalue weighted by molar-refractivity contribution is 5.02. The third kappa shape index (κ3) is 32.8. The molecular weight excluding hydrogens is 432 g/mol. The second-order valence-corrected chi connectivity index (χ2v) is 9.42. The molecule has 0 aliphatic rings. The van der Waals surface area contributed by atoms with Crippen molar-refractivity contribution < 1.29 is 14.2 Å². The fourth-order valence-corrected chi connectivity index (χ4v) is 3.79. The van der Waals surface area contributed by atoms with Crippen molar-refractivity contribution in [2.45, 2.75) is 129 Å². The van der Waals surface area contributed by atoms with Crippen LogP contribution >= 0.6 is 0 Å². The highest BCUT2D eigenvalue weighted by atomic mass is 16.7. The second kappa shape index (κ2) is 32.8. The monoisotopic (exact) mass is 490 g/mol. The summed E-state index contributed by atoms with van der Waals surface area (Å²) < 4.78 is 16.1. The van der Waals surface area contributed by atoms with E-state index in [1.54, 1.807) is 0 Å². The Hall–Kier alpha value is -1.16. The fraction of sp³-hybridized carbons (Fsp3) is 0.750. The summed E-state index contributed by atoms with van der Waals surface area (Å²) in [5.74, 6) is 0. The summed E-state index contributed by atoms with van der Waals surface area (Å²) in [6, 6.07) is 0. The van der Waals surface area contributed by atoms with Gasteiger partial charge in [-0.15, -0.1) is 0 Å². The fourth-order valence-electron chi connectivity index (χ4n) is 3.79. The van der Waals surface area contributed by atoms with Crippen LogP contribution in [-0.4, -0.2) is 26.8 Å². The molecular formula is C32H58O3. The van der Waals surface area contributed by atoms with E-state index in [4.69, 9.17) is 14.2 Å². The van der Waals surface area contributed by atoms with Crippen molar-refractivity contribution >= 4 is 0 Å². The molecule has 0 radical (unpaired) electrons. The van der Waals surface area contributed by atoms with Crippen molar-refractivity contribution in [2.75, 3.05) is 26.8 Å². The van der Waals surface area contributed by atoms with Crippen LogP contribution in [0.1, 0.15) is 129 Å². The molecule has 3 heteroatoms. The van der Waals surface area contributed by atoms with E-state index in [-0.39, 0.29) is 13.6 Å². The van der Waals surface area contributed by atoms with E-state index in [1.165, 1.54) is 116 Å². The van der Waals surface area contributed by atoms with Crippen molar-refractivity contribution in [1.29, 1.82) is 0 Å². The molecule has 0 aromatic rings. The molecule has 35 heavy (non-hydrogen) atoms. The predicted octanol–water partition coefficient (Wildman–Crippen LogP) is 10.2. The van der Waals surface area contributed by atoms with Gasteiger partial charge in [-0.3, -0.25) is 0 Å². The molecule has 0 aliphatic carbocycles. The average Bonchev–Trinajstić information content (AvgIpc) is 2.87. The third-order valence-corrected chi connectivity index (χ3v) is 5.98. The minimum absolute atomic E-state index is 0.258. The molecule has 0 spiro atoms. The van der Waals surface area contributed by atoms with Crippen molar-refractivity contribution in [3.8, 4) is 0 Å². The molecule has 0 unspecified atom stereocenters. The Bertz CT molecular complexity index is 449. The summed E-state index contributed by atoms with van der Waals surface area (Å²) in [5.41, 5.74) is 0. The number of hydrogen-bond donors (Lipinski definition) is 0. The van der Waals surface area contributed by atoms with Crippen LogP contribution in [0, 0.1) is 0 Å². The molecule has 0 aromatic heterocycles. The van der Waals surface area contributed by atoms with Crippen molar-refractivity contribution in [3.63, 3.8) is 0 Å². The number of ether oxygens (including phenoxy) is 3. The van der Waals surface area contributed by atoms with Gasteiger partial charge < -0.3 is 14.2 Å². The largest absolute Gasteiger partial charge is 0.351 e. The number of unbranched alkanes of at least 4 members (excludes halogenated alkanes) is 16. The topological polar surface area (TPSA) is 27.7 Å². The number of allylic oxidation sites excluding steroid dienone is 6. The van der Waals surface area contributed by atoms with Crippen LogP contribution in [0.15, 0.2) is 48.6 Å². The van der Waals surface area contributed by atoms with E-state index in [0.29, 0.717) is 13.2 Å². The molecule has 0 bridgehead atoms. The first kappa shape index (κ1) is 33.8. The van der Waals surface area contributed by atoms with Gasteiger partial charge in [0.1, 0.15) is 13.6 Å². The molecule has 204 valence electrons. The van der Waals surface area contributed by atoms with Crippen LogP contribution in [0.4, 0.5) is 0 Å². The van der Waals surface area contributed by atoms with Crippen molar-refractivity contribution in [2.24, 2.45) is 0 Å². The van der Waals surface area contributed by atoms with E-state index in [2.05, 4.69) is 38.2 Å². The molecule has 0 amide bonds. The van der Waals surface area contributed by atoms with Gasteiger partial charge in [-0.2, -0.15) is 0 Å². The molecule has 0 saturated carbocycles. The first-order valence-electron chi connectivity index (χ1n) is 14.8. The first-order chi connectivity index (χ1) is 17.4.